The zero-order valence-electron chi connectivity index (χ0n) is 15.0. The van der Waals surface area contributed by atoms with Gasteiger partial charge in [-0.15, -0.1) is 0 Å². The van der Waals surface area contributed by atoms with Gasteiger partial charge in [-0.2, -0.15) is 4.98 Å². The molecule has 0 spiro atoms. The van der Waals surface area contributed by atoms with Crippen molar-refractivity contribution in [3.63, 3.8) is 0 Å². The molecule has 0 unspecified atom stereocenters. The van der Waals surface area contributed by atoms with E-state index in [1.54, 1.807) is 48.8 Å². The lowest BCUT2D eigenvalue weighted by Crippen LogP contribution is -2.15. The number of amides is 1. The van der Waals surface area contributed by atoms with Crippen molar-refractivity contribution in [1.82, 2.24) is 15.0 Å². The maximum atomic E-state index is 11.1. The topological polar surface area (TPSA) is 129 Å². The van der Waals surface area contributed by atoms with E-state index in [-0.39, 0.29) is 18.4 Å². The highest BCUT2D eigenvalue weighted by Crippen LogP contribution is 2.24. The van der Waals surface area contributed by atoms with Gasteiger partial charge in [-0.25, -0.2) is 4.98 Å². The summed E-state index contributed by atoms with van der Waals surface area (Å²) in [6, 6.07) is 12.5. The minimum absolute atomic E-state index is 0.147. The molecule has 0 aliphatic carbocycles. The van der Waals surface area contributed by atoms with Crippen molar-refractivity contribution < 1.29 is 14.7 Å². The average molecular weight is 378 g/mol. The number of anilines is 4. The van der Waals surface area contributed by atoms with Crippen molar-refractivity contribution >= 4 is 35.0 Å². The highest BCUT2D eigenvalue weighted by molar-refractivity contribution is 5.88. The van der Waals surface area contributed by atoms with Gasteiger partial charge in [0.15, 0.2) is 0 Å². The summed E-state index contributed by atoms with van der Waals surface area (Å²) in [4.78, 5) is 34.7. The Kier molecular flexibility index (Phi) is 5.75. The summed E-state index contributed by atoms with van der Waals surface area (Å²) < 4.78 is 0. The van der Waals surface area contributed by atoms with Gasteiger partial charge < -0.3 is 21.1 Å². The minimum atomic E-state index is -1.02. The monoisotopic (exact) mass is 378 g/mol. The van der Waals surface area contributed by atoms with Crippen molar-refractivity contribution in [1.29, 1.82) is 0 Å². The quantitative estimate of drug-likeness (QED) is 0.494. The Bertz CT molecular complexity index is 977. The maximum absolute atomic E-state index is 11.1. The number of benzene rings is 1. The lowest BCUT2D eigenvalue weighted by Gasteiger charge is -2.11. The fraction of sp³-hybridized carbons (Fsp3) is 0.105. The van der Waals surface area contributed by atoms with Crippen LogP contribution in [0.2, 0.25) is 0 Å². The van der Waals surface area contributed by atoms with E-state index in [4.69, 9.17) is 5.11 Å². The smallest absolute Gasteiger partial charge is 0.322 e. The van der Waals surface area contributed by atoms with Crippen LogP contribution in [0, 0.1) is 0 Å². The van der Waals surface area contributed by atoms with Gasteiger partial charge in [0, 0.05) is 42.3 Å². The molecule has 0 bridgehead atoms. The average Bonchev–Trinajstić information content (AvgIpc) is 2.68. The summed E-state index contributed by atoms with van der Waals surface area (Å²) >= 11 is 0. The van der Waals surface area contributed by atoms with Crippen LogP contribution in [-0.2, 0) is 9.59 Å². The third kappa shape index (κ3) is 5.24. The summed E-state index contributed by atoms with van der Waals surface area (Å²) in [7, 11) is 0. The van der Waals surface area contributed by atoms with E-state index >= 15 is 0 Å². The fourth-order valence-electron chi connectivity index (χ4n) is 2.40. The molecule has 28 heavy (non-hydrogen) atoms. The Morgan fingerprint density at radius 3 is 2.46 bits per heavy atom. The third-order valence-electron chi connectivity index (χ3n) is 3.56. The highest BCUT2D eigenvalue weighted by Gasteiger charge is 2.09. The Morgan fingerprint density at radius 1 is 1.07 bits per heavy atom. The van der Waals surface area contributed by atoms with Gasteiger partial charge in [0.2, 0.25) is 11.9 Å². The summed E-state index contributed by atoms with van der Waals surface area (Å²) in [5.41, 5.74) is 2.79. The Labute approximate surface area is 160 Å². The molecule has 3 rings (SSSR count). The molecule has 4 N–H and O–H groups in total. The van der Waals surface area contributed by atoms with E-state index in [0.29, 0.717) is 17.2 Å². The molecular formula is C19H18N6O3. The molecule has 142 valence electrons. The third-order valence-corrected chi connectivity index (χ3v) is 3.56. The molecule has 0 fully saturated rings. The molecule has 0 aliphatic rings. The lowest BCUT2D eigenvalue weighted by atomic mass is 10.2. The van der Waals surface area contributed by atoms with Crippen molar-refractivity contribution in [3.8, 4) is 11.3 Å². The van der Waals surface area contributed by atoms with Crippen LogP contribution in [-0.4, -0.2) is 38.5 Å². The molecule has 2 heterocycles. The first-order chi connectivity index (χ1) is 13.5. The maximum Gasteiger partial charge on any atom is 0.322 e. The van der Waals surface area contributed by atoms with Crippen molar-refractivity contribution in [2.75, 3.05) is 22.5 Å². The molecule has 2 aromatic heterocycles. The Morgan fingerprint density at radius 2 is 1.82 bits per heavy atom. The molecule has 9 nitrogen and oxygen atoms in total. The number of hydrogen-bond donors (Lipinski definition) is 4. The number of aliphatic carboxylic acids is 1. The SMILES string of the molecule is CC(=O)Nc1ccc(Nc2cc(-c3cccnc3)nc(NCC(=O)O)n2)cc1. The van der Waals surface area contributed by atoms with Crippen LogP contribution >= 0.6 is 0 Å². The molecule has 0 aliphatic heterocycles. The van der Waals surface area contributed by atoms with Gasteiger partial charge in [-0.05, 0) is 36.4 Å². The zero-order chi connectivity index (χ0) is 19.9. The number of carbonyl (C=O) groups is 2. The summed E-state index contributed by atoms with van der Waals surface area (Å²) in [6.07, 6.45) is 3.32. The number of nitrogens with zero attached hydrogens (tertiary/aromatic N) is 3. The van der Waals surface area contributed by atoms with E-state index in [1.807, 2.05) is 6.07 Å². The Balaban J connectivity index is 1.87. The van der Waals surface area contributed by atoms with Crippen molar-refractivity contribution in [3.05, 3.63) is 54.9 Å². The van der Waals surface area contributed by atoms with Crippen LogP contribution in [0.1, 0.15) is 6.92 Å². The normalized spacial score (nSPS) is 10.2. The largest absolute Gasteiger partial charge is 0.480 e. The standard InChI is InChI=1S/C19H18N6O3/c1-12(26)22-14-4-6-15(7-5-14)23-17-9-16(13-3-2-8-20-10-13)24-19(25-17)21-11-18(27)28/h2-10H,11H2,1H3,(H,22,26)(H,27,28)(H2,21,23,24,25). The number of carbonyl (C=O) groups excluding carboxylic acids is 1. The second kappa shape index (κ2) is 8.58. The van der Waals surface area contributed by atoms with E-state index in [0.717, 1.165) is 11.3 Å². The summed E-state index contributed by atoms with van der Waals surface area (Å²) in [6.45, 7) is 1.14. The molecule has 3 aromatic rings. The predicted molar refractivity (Wildman–Crippen MR) is 105 cm³/mol. The number of carboxylic acids is 1. The van der Waals surface area contributed by atoms with Crippen LogP contribution in [0.3, 0.4) is 0 Å². The van der Waals surface area contributed by atoms with Crippen molar-refractivity contribution in [2.24, 2.45) is 0 Å². The van der Waals surface area contributed by atoms with Crippen LogP contribution in [0.15, 0.2) is 54.9 Å². The number of carboxylic acid groups (broad SMARTS) is 1. The van der Waals surface area contributed by atoms with E-state index < -0.39 is 5.97 Å². The predicted octanol–water partition coefficient (Wildman–Crippen LogP) is 2.74. The van der Waals surface area contributed by atoms with E-state index in [9.17, 15) is 9.59 Å². The van der Waals surface area contributed by atoms with E-state index in [1.165, 1.54) is 6.92 Å². The van der Waals surface area contributed by atoms with Crippen molar-refractivity contribution in [2.45, 2.75) is 6.92 Å². The van der Waals surface area contributed by atoms with Crippen LogP contribution < -0.4 is 16.0 Å². The minimum Gasteiger partial charge on any atom is -0.480 e. The van der Waals surface area contributed by atoms with Gasteiger partial charge >= 0.3 is 5.97 Å². The van der Waals surface area contributed by atoms with Gasteiger partial charge in [-0.1, -0.05) is 0 Å². The molecule has 9 heteroatoms. The van der Waals surface area contributed by atoms with Crippen LogP contribution in [0.5, 0.6) is 0 Å². The summed E-state index contributed by atoms with van der Waals surface area (Å²) in [5.74, 6) is -0.500. The Hall–Kier alpha value is -4.01. The molecule has 1 aromatic carbocycles. The van der Waals surface area contributed by atoms with E-state index in [2.05, 4.69) is 30.9 Å². The molecular weight excluding hydrogens is 360 g/mol. The molecule has 0 atom stereocenters. The molecule has 0 radical (unpaired) electrons. The van der Waals surface area contributed by atoms with Gasteiger partial charge in [0.05, 0.1) is 5.69 Å². The van der Waals surface area contributed by atoms with Gasteiger partial charge in [0.25, 0.3) is 0 Å². The number of nitrogens with one attached hydrogen (secondary N) is 3. The van der Waals surface area contributed by atoms with Crippen LogP contribution in [0.25, 0.3) is 11.3 Å². The fourth-order valence-corrected chi connectivity index (χ4v) is 2.40. The van der Waals surface area contributed by atoms with Gasteiger partial charge in [-0.3, -0.25) is 14.6 Å². The molecule has 1 amide bonds. The number of pyridine rings is 1. The zero-order valence-corrected chi connectivity index (χ0v) is 15.0. The summed E-state index contributed by atoms with van der Waals surface area (Å²) in [5, 5.41) is 17.4. The second-order valence-electron chi connectivity index (χ2n) is 5.83. The lowest BCUT2D eigenvalue weighted by molar-refractivity contribution is -0.135. The number of rotatable bonds is 7. The highest BCUT2D eigenvalue weighted by atomic mass is 16.4. The second-order valence-corrected chi connectivity index (χ2v) is 5.83. The first-order valence-corrected chi connectivity index (χ1v) is 8.39. The molecule has 0 saturated carbocycles. The first-order valence-electron chi connectivity index (χ1n) is 8.39. The van der Waals surface area contributed by atoms with Gasteiger partial charge in [0.1, 0.15) is 12.4 Å². The van der Waals surface area contributed by atoms with Crippen LogP contribution in [0.4, 0.5) is 23.1 Å². The number of aromatic nitrogens is 3. The first kappa shape index (κ1) is 18.8. The number of hydrogen-bond acceptors (Lipinski definition) is 7. The molecule has 0 saturated heterocycles.